The molecule has 1 aromatic rings. The molecule has 8 nitrogen and oxygen atoms in total. The van der Waals surface area contributed by atoms with E-state index >= 15 is 0 Å². The molecule has 2 heterocycles. The molecule has 0 radical (unpaired) electrons. The monoisotopic (exact) mass is 421 g/mol. The summed E-state index contributed by atoms with van der Waals surface area (Å²) in [6.45, 7) is 4.52. The number of amides is 1. The number of nitrogens with zero attached hydrogens (tertiary/aromatic N) is 3. The van der Waals surface area contributed by atoms with E-state index < -0.39 is 0 Å². The van der Waals surface area contributed by atoms with Crippen molar-refractivity contribution in [3.63, 3.8) is 0 Å². The third-order valence-corrected chi connectivity index (χ3v) is 5.57. The average molecular weight is 422 g/mol. The molecule has 3 rings (SSSR count). The molecular formula is C20H27N3O5S. The number of benzene rings is 1. The smallest absolute Gasteiger partial charge is 0.276 e. The summed E-state index contributed by atoms with van der Waals surface area (Å²) in [5.41, 5.74) is 1.26. The Balaban J connectivity index is 1.82. The fraction of sp³-hybridized carbons (Fsp3) is 0.500. The first-order valence-corrected chi connectivity index (χ1v) is 9.82. The summed E-state index contributed by atoms with van der Waals surface area (Å²) >= 11 is 5.51. The Morgan fingerprint density at radius 1 is 1.07 bits per heavy atom. The summed E-state index contributed by atoms with van der Waals surface area (Å²) in [5.74, 6) is 1.45. The minimum Gasteiger partial charge on any atom is -0.493 e. The maximum absolute atomic E-state index is 13.0. The number of hydrogen-bond donors (Lipinski definition) is 0. The van der Waals surface area contributed by atoms with Crippen LogP contribution >= 0.6 is 12.2 Å². The summed E-state index contributed by atoms with van der Waals surface area (Å²) in [5, 5.41) is 0.502. The van der Waals surface area contributed by atoms with E-state index in [0.717, 1.165) is 38.4 Å². The molecule has 0 N–H and O–H groups in total. The van der Waals surface area contributed by atoms with Crippen molar-refractivity contribution in [3.05, 3.63) is 23.4 Å². The third kappa shape index (κ3) is 4.47. The van der Waals surface area contributed by atoms with Gasteiger partial charge in [-0.15, -0.1) is 0 Å². The van der Waals surface area contributed by atoms with E-state index in [-0.39, 0.29) is 5.91 Å². The van der Waals surface area contributed by atoms with E-state index in [1.165, 1.54) is 0 Å². The van der Waals surface area contributed by atoms with Crippen LogP contribution in [0.3, 0.4) is 0 Å². The van der Waals surface area contributed by atoms with Gasteiger partial charge in [-0.1, -0.05) is 0 Å². The zero-order valence-corrected chi connectivity index (χ0v) is 18.1. The van der Waals surface area contributed by atoms with Crippen molar-refractivity contribution in [3.8, 4) is 17.2 Å². The molecule has 0 aromatic heterocycles. The lowest BCUT2D eigenvalue weighted by Gasteiger charge is -2.28. The molecular weight excluding hydrogens is 394 g/mol. The number of methoxy groups -OCH3 is 3. The fourth-order valence-electron chi connectivity index (χ4n) is 3.42. The molecule has 2 aliphatic heterocycles. The van der Waals surface area contributed by atoms with Crippen molar-refractivity contribution in [2.24, 2.45) is 0 Å². The molecule has 9 heteroatoms. The highest BCUT2D eigenvalue weighted by Gasteiger charge is 2.35. The molecule has 0 saturated carbocycles. The molecule has 2 saturated heterocycles. The van der Waals surface area contributed by atoms with Crippen molar-refractivity contribution in [2.45, 2.75) is 0 Å². The first-order chi connectivity index (χ1) is 14.0. The number of hydrogen-bond acceptors (Lipinski definition) is 7. The highest BCUT2D eigenvalue weighted by Crippen LogP contribution is 2.39. The predicted octanol–water partition coefficient (Wildman–Crippen LogP) is 1.44. The van der Waals surface area contributed by atoms with Crippen LogP contribution in [0.4, 0.5) is 0 Å². The van der Waals surface area contributed by atoms with Crippen LogP contribution < -0.4 is 14.2 Å². The summed E-state index contributed by atoms with van der Waals surface area (Å²) in [4.78, 5) is 18.7. The van der Waals surface area contributed by atoms with Crippen molar-refractivity contribution in [1.82, 2.24) is 14.7 Å². The van der Waals surface area contributed by atoms with Crippen LogP contribution in [-0.4, -0.2) is 93.5 Å². The normalized spacial score (nSPS) is 19.2. The van der Waals surface area contributed by atoms with E-state index in [1.807, 2.05) is 0 Å². The molecule has 0 aliphatic carbocycles. The van der Waals surface area contributed by atoms with Gasteiger partial charge in [-0.25, -0.2) is 0 Å². The molecule has 0 bridgehead atoms. The van der Waals surface area contributed by atoms with Gasteiger partial charge < -0.3 is 23.8 Å². The number of carbonyl (C=O) groups excluding carboxylic acids is 1. The first kappa shape index (κ1) is 21.4. The van der Waals surface area contributed by atoms with Crippen LogP contribution in [0.2, 0.25) is 0 Å². The Bertz CT molecular complexity index is 782. The lowest BCUT2D eigenvalue weighted by Crippen LogP contribution is -2.43. The lowest BCUT2D eigenvalue weighted by atomic mass is 10.1. The number of rotatable bonds is 7. The number of thiocarbonyl (C=S) groups is 1. The van der Waals surface area contributed by atoms with Gasteiger partial charge in [-0.3, -0.25) is 14.6 Å². The standard InChI is InChI=1S/C20H27N3O5S/c1-21-15(11-14-12-16(25-2)18(27-4)17(13-14)26-3)19(24)23(20(21)29)6-5-22-7-9-28-10-8-22/h11-13H,5-10H2,1-4H3/b15-11+. The average Bonchev–Trinajstić information content (AvgIpc) is 2.95. The highest BCUT2D eigenvalue weighted by atomic mass is 32.1. The molecule has 2 fully saturated rings. The van der Waals surface area contributed by atoms with Crippen LogP contribution in [0.25, 0.3) is 6.08 Å². The highest BCUT2D eigenvalue weighted by molar-refractivity contribution is 7.80. The predicted molar refractivity (Wildman–Crippen MR) is 113 cm³/mol. The van der Waals surface area contributed by atoms with E-state index in [1.54, 1.807) is 56.4 Å². The third-order valence-electron chi connectivity index (χ3n) is 5.08. The van der Waals surface area contributed by atoms with E-state index in [2.05, 4.69) is 4.90 Å². The lowest BCUT2D eigenvalue weighted by molar-refractivity contribution is -0.122. The Kier molecular flexibility index (Phi) is 6.94. The van der Waals surface area contributed by atoms with Crippen molar-refractivity contribution >= 4 is 29.3 Å². The number of ether oxygens (including phenoxy) is 4. The van der Waals surface area contributed by atoms with Gasteiger partial charge in [0, 0.05) is 33.2 Å². The van der Waals surface area contributed by atoms with Crippen LogP contribution in [-0.2, 0) is 9.53 Å². The molecule has 29 heavy (non-hydrogen) atoms. The quantitative estimate of drug-likeness (QED) is 0.484. The van der Waals surface area contributed by atoms with Crippen LogP contribution in [0, 0.1) is 0 Å². The van der Waals surface area contributed by atoms with Gasteiger partial charge in [0.2, 0.25) is 5.75 Å². The van der Waals surface area contributed by atoms with Gasteiger partial charge in [-0.05, 0) is 36.0 Å². The van der Waals surface area contributed by atoms with Gasteiger partial charge in [-0.2, -0.15) is 0 Å². The summed E-state index contributed by atoms with van der Waals surface area (Å²) in [7, 11) is 6.48. The molecule has 0 spiro atoms. The van der Waals surface area contributed by atoms with Gasteiger partial charge in [0.1, 0.15) is 5.70 Å². The minimum atomic E-state index is -0.112. The first-order valence-electron chi connectivity index (χ1n) is 9.41. The van der Waals surface area contributed by atoms with Gasteiger partial charge in [0.25, 0.3) is 5.91 Å². The number of carbonyl (C=O) groups is 1. The molecule has 0 unspecified atom stereocenters. The molecule has 2 aliphatic rings. The van der Waals surface area contributed by atoms with E-state index in [9.17, 15) is 4.79 Å². The summed E-state index contributed by atoms with van der Waals surface area (Å²) in [6, 6.07) is 3.60. The Labute approximate surface area is 176 Å². The van der Waals surface area contributed by atoms with Gasteiger partial charge >= 0.3 is 0 Å². The topological polar surface area (TPSA) is 63.7 Å². The molecule has 1 amide bonds. The summed E-state index contributed by atoms with van der Waals surface area (Å²) < 4.78 is 21.5. The maximum Gasteiger partial charge on any atom is 0.276 e. The summed E-state index contributed by atoms with van der Waals surface area (Å²) in [6.07, 6.45) is 1.79. The fourth-order valence-corrected chi connectivity index (χ4v) is 3.69. The second-order valence-electron chi connectivity index (χ2n) is 6.74. The van der Waals surface area contributed by atoms with Crippen LogP contribution in [0.15, 0.2) is 17.8 Å². The van der Waals surface area contributed by atoms with Crippen LogP contribution in [0.5, 0.6) is 17.2 Å². The Morgan fingerprint density at radius 3 is 2.24 bits per heavy atom. The largest absolute Gasteiger partial charge is 0.493 e. The Hall–Kier alpha value is -2.36. The number of morpholine rings is 1. The zero-order chi connectivity index (χ0) is 21.0. The van der Waals surface area contributed by atoms with Crippen molar-refractivity contribution in [1.29, 1.82) is 0 Å². The van der Waals surface area contributed by atoms with Gasteiger partial charge in [0.05, 0.1) is 34.5 Å². The second kappa shape index (κ2) is 9.43. The van der Waals surface area contributed by atoms with Crippen molar-refractivity contribution in [2.75, 3.05) is 67.8 Å². The Morgan fingerprint density at radius 2 is 1.69 bits per heavy atom. The zero-order valence-electron chi connectivity index (χ0n) is 17.3. The second-order valence-corrected chi connectivity index (χ2v) is 7.11. The minimum absolute atomic E-state index is 0.112. The molecule has 1 aromatic carbocycles. The van der Waals surface area contributed by atoms with E-state index in [0.29, 0.717) is 34.6 Å². The van der Waals surface area contributed by atoms with E-state index in [4.69, 9.17) is 31.2 Å². The molecule has 0 atom stereocenters. The number of likely N-dealkylation sites (N-methyl/N-ethyl adjacent to an activating group) is 1. The maximum atomic E-state index is 13.0. The molecule has 158 valence electrons. The van der Waals surface area contributed by atoms with Crippen molar-refractivity contribution < 1.29 is 23.7 Å². The van der Waals surface area contributed by atoms with Crippen LogP contribution in [0.1, 0.15) is 5.56 Å². The van der Waals surface area contributed by atoms with Gasteiger partial charge in [0.15, 0.2) is 16.6 Å². The SMILES string of the molecule is COc1cc(/C=C2\C(=O)N(CCN3CCOCC3)C(=S)N2C)cc(OC)c1OC.